The molecule has 0 spiro atoms. The second kappa shape index (κ2) is 6.74. The molecule has 1 aromatic rings. The molecule has 3 heterocycles. The van der Waals surface area contributed by atoms with Gasteiger partial charge in [-0.15, -0.1) is 0 Å². The van der Waals surface area contributed by atoms with E-state index in [2.05, 4.69) is 39.2 Å². The Balaban J connectivity index is 1.67. The third kappa shape index (κ3) is 3.53. The van der Waals surface area contributed by atoms with E-state index in [1.165, 1.54) is 4.90 Å². The van der Waals surface area contributed by atoms with Crippen molar-refractivity contribution in [2.45, 2.75) is 64.5 Å². The zero-order valence-corrected chi connectivity index (χ0v) is 15.5. The predicted molar refractivity (Wildman–Crippen MR) is 93.0 cm³/mol. The first-order valence-electron chi connectivity index (χ1n) is 9.10. The molecular formula is C17H28N6O2. The van der Waals surface area contributed by atoms with E-state index in [1.807, 2.05) is 0 Å². The van der Waals surface area contributed by atoms with Gasteiger partial charge in [-0.05, 0) is 33.2 Å². The summed E-state index contributed by atoms with van der Waals surface area (Å²) in [6.07, 6.45) is 3.28. The molecule has 2 saturated heterocycles. The zero-order chi connectivity index (χ0) is 18.2. The van der Waals surface area contributed by atoms with Gasteiger partial charge >= 0.3 is 6.03 Å². The number of rotatable bonds is 5. The lowest BCUT2D eigenvalue weighted by Crippen LogP contribution is -2.43. The van der Waals surface area contributed by atoms with E-state index in [1.54, 1.807) is 13.8 Å². The Morgan fingerprint density at radius 3 is 2.60 bits per heavy atom. The summed E-state index contributed by atoms with van der Waals surface area (Å²) in [6, 6.07) is -0.132. The highest BCUT2D eigenvalue weighted by Gasteiger charge is 2.44. The monoisotopic (exact) mass is 348 g/mol. The van der Waals surface area contributed by atoms with Crippen LogP contribution in [0.2, 0.25) is 0 Å². The average Bonchev–Trinajstić information content (AvgIpc) is 3.11. The molecule has 0 radical (unpaired) electrons. The zero-order valence-electron chi connectivity index (χ0n) is 15.5. The third-order valence-electron chi connectivity index (χ3n) is 5.02. The average molecular weight is 348 g/mol. The molecule has 1 atom stereocenters. The Morgan fingerprint density at radius 1 is 1.24 bits per heavy atom. The molecule has 8 heteroatoms. The lowest BCUT2D eigenvalue weighted by Gasteiger charge is -2.35. The normalized spacial score (nSPS) is 24.2. The molecule has 0 aromatic carbocycles. The van der Waals surface area contributed by atoms with Crippen molar-refractivity contribution in [3.8, 4) is 0 Å². The van der Waals surface area contributed by atoms with Crippen molar-refractivity contribution in [1.82, 2.24) is 30.3 Å². The Hall–Kier alpha value is -1.96. The lowest BCUT2D eigenvalue weighted by atomic mass is 10.0. The van der Waals surface area contributed by atoms with Gasteiger partial charge in [0.15, 0.2) is 5.82 Å². The Kier molecular flexibility index (Phi) is 4.81. The van der Waals surface area contributed by atoms with Crippen molar-refractivity contribution in [3.05, 3.63) is 11.6 Å². The fourth-order valence-corrected chi connectivity index (χ4v) is 3.51. The van der Waals surface area contributed by atoms with Gasteiger partial charge in [-0.1, -0.05) is 20.3 Å². The molecule has 2 N–H and O–H groups in total. The fraction of sp³-hybridized carbons (Fsp3) is 0.765. The van der Waals surface area contributed by atoms with Crippen molar-refractivity contribution >= 4 is 11.9 Å². The maximum atomic E-state index is 12.3. The largest absolute Gasteiger partial charge is 0.325 e. The van der Waals surface area contributed by atoms with Gasteiger partial charge in [0.2, 0.25) is 0 Å². The summed E-state index contributed by atoms with van der Waals surface area (Å²) in [7, 11) is 0. The minimum absolute atomic E-state index is 0.159. The second-order valence-electron chi connectivity index (χ2n) is 7.79. The van der Waals surface area contributed by atoms with E-state index >= 15 is 0 Å². The summed E-state index contributed by atoms with van der Waals surface area (Å²) >= 11 is 0. The molecule has 2 fully saturated rings. The Labute approximate surface area is 148 Å². The van der Waals surface area contributed by atoms with Crippen LogP contribution in [0.25, 0.3) is 0 Å². The summed E-state index contributed by atoms with van der Waals surface area (Å²) in [5.41, 5.74) is -0.810. The number of likely N-dealkylation sites (tertiary alicyclic amines) is 1. The van der Waals surface area contributed by atoms with E-state index in [0.717, 1.165) is 37.5 Å². The number of hydrogen-bond donors (Lipinski definition) is 2. The van der Waals surface area contributed by atoms with Gasteiger partial charge in [0.1, 0.15) is 11.4 Å². The number of hydrogen-bond acceptors (Lipinski definition) is 5. The smallest absolute Gasteiger partial charge is 0.324 e. The number of amides is 3. The highest BCUT2D eigenvalue weighted by Crippen LogP contribution is 2.29. The molecular weight excluding hydrogens is 320 g/mol. The summed E-state index contributed by atoms with van der Waals surface area (Å²) in [6.45, 7) is 9.61. The van der Waals surface area contributed by atoms with Crippen LogP contribution in [0.3, 0.4) is 0 Å². The molecule has 2 aliphatic rings. The first-order chi connectivity index (χ1) is 11.8. The minimum atomic E-state index is -0.810. The summed E-state index contributed by atoms with van der Waals surface area (Å²) in [5.74, 6) is 1.85. The quantitative estimate of drug-likeness (QED) is 0.791. The van der Waals surface area contributed by atoms with Crippen LogP contribution >= 0.6 is 0 Å². The van der Waals surface area contributed by atoms with E-state index in [9.17, 15) is 9.59 Å². The molecule has 3 amide bonds. The minimum Gasteiger partial charge on any atom is -0.324 e. The van der Waals surface area contributed by atoms with Crippen molar-refractivity contribution in [2.24, 2.45) is 0 Å². The number of nitrogens with zero attached hydrogens (tertiary/aromatic N) is 4. The maximum Gasteiger partial charge on any atom is 0.325 e. The number of aromatic nitrogens is 3. The number of carbonyl (C=O) groups excluding carboxylic acids is 2. The lowest BCUT2D eigenvalue weighted by molar-refractivity contribution is -0.130. The van der Waals surface area contributed by atoms with Crippen molar-refractivity contribution in [1.29, 1.82) is 0 Å². The molecule has 8 nitrogen and oxygen atoms in total. The number of urea groups is 1. The number of imide groups is 1. The highest BCUT2D eigenvalue weighted by atomic mass is 16.2. The van der Waals surface area contributed by atoms with Crippen LogP contribution in [-0.4, -0.2) is 62.1 Å². The Morgan fingerprint density at radius 2 is 2.00 bits per heavy atom. The number of aromatic amines is 1. The Bertz CT molecular complexity index is 653. The molecule has 2 aliphatic heterocycles. The third-order valence-corrected chi connectivity index (χ3v) is 5.02. The number of piperidine rings is 1. The first-order valence-corrected chi connectivity index (χ1v) is 9.10. The van der Waals surface area contributed by atoms with Gasteiger partial charge in [0, 0.05) is 19.0 Å². The second-order valence-corrected chi connectivity index (χ2v) is 7.79. The molecule has 138 valence electrons. The van der Waals surface area contributed by atoms with Gasteiger partial charge in [-0.25, -0.2) is 9.78 Å². The molecule has 1 aromatic heterocycles. The van der Waals surface area contributed by atoms with Crippen LogP contribution in [0.15, 0.2) is 0 Å². The van der Waals surface area contributed by atoms with Crippen LogP contribution in [0, 0.1) is 0 Å². The maximum absolute atomic E-state index is 12.3. The van der Waals surface area contributed by atoms with Gasteiger partial charge < -0.3 is 5.32 Å². The van der Waals surface area contributed by atoms with Crippen LogP contribution in [0.5, 0.6) is 0 Å². The number of H-pyrrole nitrogens is 1. The number of nitrogens with one attached hydrogen (secondary N) is 2. The van der Waals surface area contributed by atoms with Crippen LogP contribution in [0.4, 0.5) is 4.79 Å². The summed E-state index contributed by atoms with van der Waals surface area (Å²) < 4.78 is 0. The van der Waals surface area contributed by atoms with E-state index in [-0.39, 0.29) is 23.9 Å². The van der Waals surface area contributed by atoms with Crippen molar-refractivity contribution in [3.63, 3.8) is 0 Å². The van der Waals surface area contributed by atoms with Crippen molar-refractivity contribution in [2.75, 3.05) is 19.6 Å². The van der Waals surface area contributed by atoms with Crippen LogP contribution in [0.1, 0.15) is 70.6 Å². The molecule has 0 bridgehead atoms. The van der Waals surface area contributed by atoms with Crippen LogP contribution in [-0.2, 0) is 4.79 Å². The van der Waals surface area contributed by atoms with Gasteiger partial charge in [0.05, 0.1) is 6.04 Å². The highest BCUT2D eigenvalue weighted by molar-refractivity contribution is 6.06. The summed E-state index contributed by atoms with van der Waals surface area (Å²) in [5, 5.41) is 10.1. The fourth-order valence-electron chi connectivity index (χ4n) is 3.51. The van der Waals surface area contributed by atoms with Crippen molar-refractivity contribution < 1.29 is 9.59 Å². The molecule has 0 saturated carbocycles. The van der Waals surface area contributed by atoms with Gasteiger partial charge in [-0.2, -0.15) is 5.10 Å². The summed E-state index contributed by atoms with van der Waals surface area (Å²) in [4.78, 5) is 32.7. The van der Waals surface area contributed by atoms with E-state index in [0.29, 0.717) is 13.1 Å². The standard InChI is InChI=1S/C17H28N6O2/c1-11(2)13-18-14(21-20-13)12-7-5-6-8-22(12)9-10-23-15(24)17(3,4)19-16(23)25/h11-12H,5-10H2,1-4H3,(H,19,25)(H,18,20,21)/t12-/m0/s1. The number of carbonyl (C=O) groups is 2. The predicted octanol–water partition coefficient (Wildman–Crippen LogP) is 1.79. The molecule has 25 heavy (non-hydrogen) atoms. The van der Waals surface area contributed by atoms with Gasteiger partial charge in [0.25, 0.3) is 5.91 Å². The molecule has 3 rings (SSSR count). The SMILES string of the molecule is CC(C)c1n[nH]c([C@@H]2CCCCN2CCN2C(=O)NC(C)(C)C2=O)n1. The van der Waals surface area contributed by atoms with E-state index in [4.69, 9.17) is 0 Å². The topological polar surface area (TPSA) is 94.2 Å². The first kappa shape index (κ1) is 17.8. The van der Waals surface area contributed by atoms with Crippen LogP contribution < -0.4 is 5.32 Å². The van der Waals surface area contributed by atoms with Gasteiger partial charge in [-0.3, -0.25) is 19.7 Å². The molecule has 0 aliphatic carbocycles. The van der Waals surface area contributed by atoms with E-state index < -0.39 is 5.54 Å². The molecule has 0 unspecified atom stereocenters.